The molecule has 0 atom stereocenters. The number of hydrogen-bond donors (Lipinski definition) is 2. The molecule has 3 aromatic rings. The Labute approximate surface area is 149 Å². The van der Waals surface area contributed by atoms with Crippen LogP contribution in [0.4, 0.5) is 20.5 Å². The highest BCUT2D eigenvalue weighted by atomic mass is 19.1. The van der Waals surface area contributed by atoms with Crippen LogP contribution in [0.25, 0.3) is 11.3 Å². The first-order valence-electron chi connectivity index (χ1n) is 8.40. The minimum atomic E-state index is -0.599. The van der Waals surface area contributed by atoms with Gasteiger partial charge in [0.1, 0.15) is 17.5 Å². The van der Waals surface area contributed by atoms with Gasteiger partial charge in [0.25, 0.3) is 0 Å². The summed E-state index contributed by atoms with van der Waals surface area (Å²) < 4.78 is 26.7. The zero-order valence-electron chi connectivity index (χ0n) is 13.9. The molecule has 4 rings (SSSR count). The Hall–Kier alpha value is -3.09. The fraction of sp³-hybridized carbons (Fsp3) is 0.211. The summed E-state index contributed by atoms with van der Waals surface area (Å²) in [5.74, 6) is -0.0783. The number of rotatable bonds is 6. The first kappa shape index (κ1) is 16.4. The molecule has 0 amide bonds. The number of benzene rings is 1. The maximum Gasteiger partial charge on any atom is 0.225 e. The molecule has 2 N–H and O–H groups in total. The average molecular weight is 353 g/mol. The number of aromatic nitrogens is 3. The molecule has 2 heterocycles. The summed E-state index contributed by atoms with van der Waals surface area (Å²) in [5, 5.41) is 6.40. The monoisotopic (exact) mass is 353 g/mol. The molecule has 7 heteroatoms. The number of pyridine rings is 1. The number of nitrogens with one attached hydrogen (secondary N) is 2. The summed E-state index contributed by atoms with van der Waals surface area (Å²) in [6, 6.07) is 9.41. The maximum atomic E-state index is 13.3. The lowest BCUT2D eigenvalue weighted by molar-refractivity contribution is 0.580. The van der Waals surface area contributed by atoms with Crippen LogP contribution in [0, 0.1) is 11.6 Å². The van der Waals surface area contributed by atoms with Gasteiger partial charge in [-0.1, -0.05) is 0 Å². The lowest BCUT2D eigenvalue weighted by Crippen LogP contribution is -2.09. The third-order valence-corrected chi connectivity index (χ3v) is 4.01. The van der Waals surface area contributed by atoms with Gasteiger partial charge in [-0.2, -0.15) is 4.98 Å². The van der Waals surface area contributed by atoms with Gasteiger partial charge in [-0.15, -0.1) is 0 Å². The molecule has 26 heavy (non-hydrogen) atoms. The van der Waals surface area contributed by atoms with Crippen molar-refractivity contribution in [2.45, 2.75) is 25.4 Å². The Morgan fingerprint density at radius 3 is 2.38 bits per heavy atom. The molecule has 0 aliphatic heterocycles. The molecule has 0 unspecified atom stereocenters. The van der Waals surface area contributed by atoms with Crippen LogP contribution >= 0.6 is 0 Å². The zero-order chi connectivity index (χ0) is 17.9. The predicted octanol–water partition coefficient (Wildman–Crippen LogP) is 4.00. The van der Waals surface area contributed by atoms with Gasteiger partial charge in [-0.05, 0) is 42.7 Å². The molecule has 1 aromatic carbocycles. The quantitative estimate of drug-likeness (QED) is 0.701. The van der Waals surface area contributed by atoms with Crippen LogP contribution in [-0.2, 0) is 6.54 Å². The van der Waals surface area contributed by atoms with Gasteiger partial charge in [0, 0.05) is 42.7 Å². The van der Waals surface area contributed by atoms with Crippen molar-refractivity contribution in [3.05, 3.63) is 66.0 Å². The summed E-state index contributed by atoms with van der Waals surface area (Å²) in [7, 11) is 0. The van der Waals surface area contributed by atoms with E-state index in [2.05, 4.69) is 25.6 Å². The van der Waals surface area contributed by atoms with Gasteiger partial charge < -0.3 is 10.6 Å². The van der Waals surface area contributed by atoms with Crippen LogP contribution in [-0.4, -0.2) is 21.0 Å². The third kappa shape index (κ3) is 4.11. The fourth-order valence-corrected chi connectivity index (χ4v) is 2.59. The summed E-state index contributed by atoms with van der Waals surface area (Å²) in [4.78, 5) is 13.0. The first-order valence-corrected chi connectivity index (χ1v) is 8.40. The zero-order valence-corrected chi connectivity index (χ0v) is 13.9. The molecule has 2 aromatic heterocycles. The number of anilines is 2. The van der Waals surface area contributed by atoms with Gasteiger partial charge in [0.05, 0.1) is 5.69 Å². The van der Waals surface area contributed by atoms with Crippen LogP contribution in [0.2, 0.25) is 0 Å². The molecule has 1 saturated carbocycles. The summed E-state index contributed by atoms with van der Waals surface area (Å²) >= 11 is 0. The van der Waals surface area contributed by atoms with Crippen LogP contribution in [0.3, 0.4) is 0 Å². The first-order chi connectivity index (χ1) is 12.7. The average Bonchev–Trinajstić information content (AvgIpc) is 3.44. The minimum Gasteiger partial charge on any atom is -0.366 e. The van der Waals surface area contributed by atoms with Crippen molar-refractivity contribution in [1.82, 2.24) is 15.0 Å². The van der Waals surface area contributed by atoms with E-state index in [-0.39, 0.29) is 6.54 Å². The maximum absolute atomic E-state index is 13.3. The molecule has 1 aliphatic rings. The van der Waals surface area contributed by atoms with Crippen molar-refractivity contribution >= 4 is 11.8 Å². The van der Waals surface area contributed by atoms with E-state index in [1.54, 1.807) is 12.4 Å². The highest BCUT2D eigenvalue weighted by Crippen LogP contribution is 2.26. The van der Waals surface area contributed by atoms with E-state index >= 15 is 0 Å². The van der Waals surface area contributed by atoms with Crippen LogP contribution in [0.1, 0.15) is 18.4 Å². The van der Waals surface area contributed by atoms with Crippen molar-refractivity contribution < 1.29 is 8.78 Å². The number of hydrogen-bond acceptors (Lipinski definition) is 5. The van der Waals surface area contributed by atoms with Gasteiger partial charge >= 0.3 is 0 Å². The van der Waals surface area contributed by atoms with Crippen molar-refractivity contribution in [3.63, 3.8) is 0 Å². The van der Waals surface area contributed by atoms with E-state index in [4.69, 9.17) is 0 Å². The van der Waals surface area contributed by atoms with E-state index < -0.39 is 11.6 Å². The predicted molar refractivity (Wildman–Crippen MR) is 95.6 cm³/mol. The van der Waals surface area contributed by atoms with Gasteiger partial charge in [-0.25, -0.2) is 13.8 Å². The standard InChI is InChI=1S/C19H17F2N5/c20-14-7-12(8-15(21)9-14)11-23-18-10-17(13-3-5-22-6-4-13)25-19(26-18)24-16-1-2-16/h3-10,16H,1-2,11H2,(H2,23,24,25,26). The normalized spacial score (nSPS) is 13.5. The van der Waals surface area contributed by atoms with Gasteiger partial charge in [-0.3, -0.25) is 4.98 Å². The van der Waals surface area contributed by atoms with Crippen molar-refractivity contribution in [2.24, 2.45) is 0 Å². The minimum absolute atomic E-state index is 0.254. The SMILES string of the molecule is Fc1cc(F)cc(CNc2cc(-c3ccncc3)nc(NC3CC3)n2)c1. The molecule has 0 saturated heterocycles. The van der Waals surface area contributed by atoms with Gasteiger partial charge in [0.15, 0.2) is 0 Å². The second kappa shape index (κ2) is 7.03. The molecule has 0 spiro atoms. The Balaban J connectivity index is 1.59. The van der Waals surface area contributed by atoms with E-state index in [1.165, 1.54) is 12.1 Å². The Morgan fingerprint density at radius 2 is 1.69 bits per heavy atom. The van der Waals surface area contributed by atoms with Crippen molar-refractivity contribution in [1.29, 1.82) is 0 Å². The number of nitrogens with zero attached hydrogens (tertiary/aromatic N) is 3. The highest BCUT2D eigenvalue weighted by molar-refractivity contribution is 5.64. The molecular weight excluding hydrogens is 336 g/mol. The Morgan fingerprint density at radius 1 is 0.962 bits per heavy atom. The third-order valence-electron chi connectivity index (χ3n) is 4.01. The Kier molecular flexibility index (Phi) is 4.43. The van der Waals surface area contributed by atoms with E-state index in [0.29, 0.717) is 23.4 Å². The molecule has 0 bridgehead atoms. The molecule has 0 radical (unpaired) electrons. The van der Waals surface area contributed by atoms with Gasteiger partial charge in [0.2, 0.25) is 5.95 Å². The molecular formula is C19H17F2N5. The second-order valence-electron chi connectivity index (χ2n) is 6.25. The van der Waals surface area contributed by atoms with Crippen LogP contribution < -0.4 is 10.6 Å². The van der Waals surface area contributed by atoms with E-state index in [9.17, 15) is 8.78 Å². The lowest BCUT2D eigenvalue weighted by atomic mass is 10.2. The van der Waals surface area contributed by atoms with Crippen LogP contribution in [0.15, 0.2) is 48.8 Å². The summed E-state index contributed by atoms with van der Waals surface area (Å²) in [6.45, 7) is 0.254. The highest BCUT2D eigenvalue weighted by Gasteiger charge is 2.22. The number of halogens is 2. The molecule has 1 aliphatic carbocycles. The fourth-order valence-electron chi connectivity index (χ4n) is 2.59. The Bertz CT molecular complexity index is 893. The van der Waals surface area contributed by atoms with Crippen molar-refractivity contribution in [3.8, 4) is 11.3 Å². The molecule has 1 fully saturated rings. The van der Waals surface area contributed by atoms with Crippen molar-refractivity contribution in [2.75, 3.05) is 10.6 Å². The second-order valence-corrected chi connectivity index (χ2v) is 6.25. The van der Waals surface area contributed by atoms with E-state index in [1.807, 2.05) is 18.2 Å². The summed E-state index contributed by atoms with van der Waals surface area (Å²) in [5.41, 5.74) is 2.17. The summed E-state index contributed by atoms with van der Waals surface area (Å²) in [6.07, 6.45) is 5.62. The molecule has 5 nitrogen and oxygen atoms in total. The van der Waals surface area contributed by atoms with Crippen LogP contribution in [0.5, 0.6) is 0 Å². The lowest BCUT2D eigenvalue weighted by Gasteiger charge is -2.11. The molecule has 132 valence electrons. The largest absolute Gasteiger partial charge is 0.366 e. The van der Waals surface area contributed by atoms with E-state index in [0.717, 1.165) is 30.2 Å². The smallest absolute Gasteiger partial charge is 0.225 e. The topological polar surface area (TPSA) is 62.7 Å².